The number of nitrogens with zero attached hydrogens (tertiary/aromatic N) is 1. The molecule has 0 aliphatic carbocycles. The van der Waals surface area contributed by atoms with Gasteiger partial charge in [0.1, 0.15) is 0 Å². The highest BCUT2D eigenvalue weighted by Crippen LogP contribution is 2.30. The molecule has 0 aromatic carbocycles. The lowest BCUT2D eigenvalue weighted by Gasteiger charge is -2.37. The van der Waals surface area contributed by atoms with E-state index in [2.05, 4.69) is 51.8 Å². The van der Waals surface area contributed by atoms with Gasteiger partial charge in [-0.25, -0.2) is 0 Å². The maximum Gasteiger partial charge on any atom is 0.0547 e. The molecule has 1 saturated heterocycles. The molecular formula is C17H36N2O. The lowest BCUT2D eigenvalue weighted by Crippen LogP contribution is -2.48. The first kappa shape index (κ1) is 17.9. The summed E-state index contributed by atoms with van der Waals surface area (Å²) in [5, 5.41) is 3.66. The molecule has 1 atom stereocenters. The third-order valence-corrected chi connectivity index (χ3v) is 4.11. The fraction of sp³-hybridized carbons (Fsp3) is 1.00. The molecule has 1 aliphatic heterocycles. The van der Waals surface area contributed by atoms with E-state index in [1.54, 1.807) is 0 Å². The van der Waals surface area contributed by atoms with Crippen LogP contribution in [0.1, 0.15) is 48.0 Å². The number of nitrogens with one attached hydrogen (secondary N) is 1. The second kappa shape index (κ2) is 8.35. The average Bonchev–Trinajstić information content (AvgIpc) is 2.76. The van der Waals surface area contributed by atoms with Crippen LogP contribution in [0.3, 0.4) is 0 Å². The van der Waals surface area contributed by atoms with Crippen molar-refractivity contribution in [3.8, 4) is 0 Å². The van der Waals surface area contributed by atoms with Gasteiger partial charge < -0.3 is 10.1 Å². The summed E-state index contributed by atoms with van der Waals surface area (Å²) in [5.74, 6) is 1.44. The normalized spacial score (nSPS) is 23.7. The van der Waals surface area contributed by atoms with Crippen molar-refractivity contribution in [3.05, 3.63) is 0 Å². The Labute approximate surface area is 126 Å². The van der Waals surface area contributed by atoms with Crippen LogP contribution in [0.15, 0.2) is 0 Å². The Morgan fingerprint density at radius 3 is 2.25 bits per heavy atom. The van der Waals surface area contributed by atoms with Gasteiger partial charge in [-0.05, 0) is 38.6 Å². The highest BCUT2D eigenvalue weighted by atomic mass is 16.5. The first-order valence-electron chi connectivity index (χ1n) is 8.37. The zero-order valence-electron chi connectivity index (χ0n) is 14.5. The van der Waals surface area contributed by atoms with Crippen LogP contribution >= 0.6 is 0 Å². The van der Waals surface area contributed by atoms with Gasteiger partial charge in [-0.3, -0.25) is 4.90 Å². The molecule has 120 valence electrons. The molecule has 1 rings (SSSR count). The molecule has 0 spiro atoms. The molecule has 1 unspecified atom stereocenters. The lowest BCUT2D eigenvalue weighted by molar-refractivity contribution is 0.0851. The fourth-order valence-electron chi connectivity index (χ4n) is 2.95. The molecule has 3 heteroatoms. The smallest absolute Gasteiger partial charge is 0.0547 e. The van der Waals surface area contributed by atoms with E-state index in [-0.39, 0.29) is 0 Å². The van der Waals surface area contributed by atoms with Crippen LogP contribution in [0, 0.1) is 17.3 Å². The number of hydrogen-bond donors (Lipinski definition) is 1. The van der Waals surface area contributed by atoms with E-state index in [0.717, 1.165) is 38.8 Å². The van der Waals surface area contributed by atoms with Gasteiger partial charge in [-0.1, -0.05) is 27.7 Å². The quantitative estimate of drug-likeness (QED) is 0.704. The third kappa shape index (κ3) is 6.11. The maximum absolute atomic E-state index is 5.74. The molecule has 0 aromatic heterocycles. The fourth-order valence-corrected chi connectivity index (χ4v) is 2.95. The van der Waals surface area contributed by atoms with Gasteiger partial charge in [0.05, 0.1) is 6.61 Å². The van der Waals surface area contributed by atoms with Crippen LogP contribution in [-0.4, -0.2) is 50.3 Å². The van der Waals surface area contributed by atoms with E-state index in [4.69, 9.17) is 4.74 Å². The predicted molar refractivity (Wildman–Crippen MR) is 87.1 cm³/mol. The number of hydrogen-bond acceptors (Lipinski definition) is 3. The zero-order chi connectivity index (χ0) is 15.2. The third-order valence-electron chi connectivity index (χ3n) is 4.11. The monoisotopic (exact) mass is 284 g/mol. The molecular weight excluding hydrogens is 248 g/mol. The van der Waals surface area contributed by atoms with E-state index in [0.29, 0.717) is 17.4 Å². The van der Waals surface area contributed by atoms with Crippen molar-refractivity contribution >= 4 is 0 Å². The molecule has 1 heterocycles. The topological polar surface area (TPSA) is 24.5 Å². The van der Waals surface area contributed by atoms with E-state index in [1.165, 1.54) is 13.0 Å². The minimum absolute atomic E-state index is 0.314. The molecule has 0 saturated carbocycles. The van der Waals surface area contributed by atoms with Crippen molar-refractivity contribution in [1.29, 1.82) is 0 Å². The second-order valence-corrected chi connectivity index (χ2v) is 7.74. The minimum Gasteiger partial charge on any atom is -0.381 e. The van der Waals surface area contributed by atoms with Crippen LogP contribution in [0.2, 0.25) is 0 Å². The van der Waals surface area contributed by atoms with Gasteiger partial charge in [-0.15, -0.1) is 0 Å². The van der Waals surface area contributed by atoms with Crippen molar-refractivity contribution in [3.63, 3.8) is 0 Å². The Kier molecular flexibility index (Phi) is 7.49. The largest absolute Gasteiger partial charge is 0.381 e. The SMILES string of the molecule is CC(C)CNCC1(CN(CC(C)C)C(C)C)CCOC1. The summed E-state index contributed by atoms with van der Waals surface area (Å²) >= 11 is 0. The lowest BCUT2D eigenvalue weighted by atomic mass is 9.85. The Balaban J connectivity index is 2.59. The first-order valence-corrected chi connectivity index (χ1v) is 8.37. The summed E-state index contributed by atoms with van der Waals surface area (Å²) in [6.45, 7) is 20.2. The van der Waals surface area contributed by atoms with Crippen LogP contribution in [0.5, 0.6) is 0 Å². The predicted octanol–water partition coefficient (Wildman–Crippen LogP) is 3.01. The van der Waals surface area contributed by atoms with Gasteiger partial charge in [0.25, 0.3) is 0 Å². The summed E-state index contributed by atoms with van der Waals surface area (Å²) in [7, 11) is 0. The second-order valence-electron chi connectivity index (χ2n) is 7.74. The Morgan fingerprint density at radius 2 is 1.80 bits per heavy atom. The van der Waals surface area contributed by atoms with Crippen LogP contribution in [0.4, 0.5) is 0 Å². The highest BCUT2D eigenvalue weighted by Gasteiger charge is 2.37. The summed E-state index contributed by atoms with van der Waals surface area (Å²) in [6, 6.07) is 0.611. The van der Waals surface area contributed by atoms with Gasteiger partial charge in [0, 0.05) is 37.7 Å². The Morgan fingerprint density at radius 1 is 1.10 bits per heavy atom. The summed E-state index contributed by atoms with van der Waals surface area (Å²) < 4.78 is 5.74. The number of ether oxygens (including phenoxy) is 1. The summed E-state index contributed by atoms with van der Waals surface area (Å²) in [4.78, 5) is 2.64. The molecule has 20 heavy (non-hydrogen) atoms. The van der Waals surface area contributed by atoms with Crippen molar-refractivity contribution in [2.24, 2.45) is 17.3 Å². The van der Waals surface area contributed by atoms with E-state index in [9.17, 15) is 0 Å². The first-order chi connectivity index (χ1) is 9.34. The highest BCUT2D eigenvalue weighted by molar-refractivity contribution is 4.89. The van der Waals surface area contributed by atoms with Crippen molar-refractivity contribution < 1.29 is 4.74 Å². The van der Waals surface area contributed by atoms with Crippen molar-refractivity contribution in [2.75, 3.05) is 39.4 Å². The molecule has 1 N–H and O–H groups in total. The Hall–Kier alpha value is -0.120. The van der Waals surface area contributed by atoms with Crippen molar-refractivity contribution in [1.82, 2.24) is 10.2 Å². The standard InChI is InChI=1S/C17H36N2O/c1-14(2)9-18-11-17(7-8-20-13-17)12-19(16(5)6)10-15(3)4/h14-16,18H,7-13H2,1-6H3. The van der Waals surface area contributed by atoms with E-state index >= 15 is 0 Å². The van der Waals surface area contributed by atoms with E-state index in [1.807, 2.05) is 0 Å². The Bertz CT molecular complexity index is 258. The number of rotatable bonds is 9. The van der Waals surface area contributed by atoms with Gasteiger partial charge in [-0.2, -0.15) is 0 Å². The molecule has 0 radical (unpaired) electrons. The average molecular weight is 284 g/mol. The summed E-state index contributed by atoms with van der Waals surface area (Å²) in [5.41, 5.74) is 0.314. The van der Waals surface area contributed by atoms with Gasteiger partial charge in [0.15, 0.2) is 0 Å². The summed E-state index contributed by atoms with van der Waals surface area (Å²) in [6.07, 6.45) is 1.19. The maximum atomic E-state index is 5.74. The molecule has 3 nitrogen and oxygen atoms in total. The molecule has 0 aromatic rings. The van der Waals surface area contributed by atoms with Crippen LogP contribution < -0.4 is 5.32 Å². The van der Waals surface area contributed by atoms with Crippen molar-refractivity contribution in [2.45, 2.75) is 54.0 Å². The zero-order valence-corrected chi connectivity index (χ0v) is 14.5. The van der Waals surface area contributed by atoms with Crippen LogP contribution in [-0.2, 0) is 4.74 Å². The minimum atomic E-state index is 0.314. The van der Waals surface area contributed by atoms with Crippen LogP contribution in [0.25, 0.3) is 0 Å². The molecule has 1 aliphatic rings. The van der Waals surface area contributed by atoms with Gasteiger partial charge in [0.2, 0.25) is 0 Å². The molecule has 1 fully saturated rings. The molecule has 0 bridgehead atoms. The van der Waals surface area contributed by atoms with Gasteiger partial charge >= 0.3 is 0 Å². The van der Waals surface area contributed by atoms with E-state index < -0.39 is 0 Å². The molecule has 0 amide bonds.